The fourth-order valence-corrected chi connectivity index (χ4v) is 3.71. The van der Waals surface area contributed by atoms with Crippen molar-refractivity contribution in [3.05, 3.63) is 76.9 Å². The van der Waals surface area contributed by atoms with Gasteiger partial charge in [0.2, 0.25) is 5.82 Å². The third-order valence-electron chi connectivity index (χ3n) is 5.43. The van der Waals surface area contributed by atoms with E-state index >= 15 is 0 Å². The molecule has 0 atom stereocenters. The number of hydrogen-bond donors (Lipinski definition) is 1. The predicted octanol–water partition coefficient (Wildman–Crippen LogP) is 4.56. The Morgan fingerprint density at radius 2 is 1.82 bits per heavy atom. The van der Waals surface area contributed by atoms with Crippen LogP contribution < -0.4 is 0 Å². The summed E-state index contributed by atoms with van der Waals surface area (Å²) in [5.41, 5.74) is 4.08. The first-order valence-electron chi connectivity index (χ1n) is 11.1. The van der Waals surface area contributed by atoms with E-state index in [9.17, 15) is 8.78 Å². The molecule has 0 bridgehead atoms. The van der Waals surface area contributed by atoms with E-state index in [0.29, 0.717) is 31.0 Å². The number of nitrogens with zero attached hydrogens (tertiary/aromatic N) is 6. The zero-order valence-corrected chi connectivity index (χ0v) is 19.1. The maximum Gasteiger partial charge on any atom is 0.308 e. The minimum absolute atomic E-state index is 0.275. The first-order valence-corrected chi connectivity index (χ1v) is 11.1. The van der Waals surface area contributed by atoms with Crippen LogP contribution in [-0.2, 0) is 25.3 Å². The standard InChI is InChI=1S/C25H25F2N7/c1-3-5-10-22-28-24(25(26,27)15-4-2)31-34(22)17-19-13-11-18(12-14-19)16-20-8-6-7-9-21(20)23-29-32-33-30-23/h6-9,11-14H,4,10,15-17H2,1-2H3,(H,29,30,32,33). The summed E-state index contributed by atoms with van der Waals surface area (Å²) in [5.74, 6) is 3.28. The monoisotopic (exact) mass is 461 g/mol. The molecular weight excluding hydrogens is 436 g/mol. The van der Waals surface area contributed by atoms with Crippen LogP contribution in [0.2, 0.25) is 0 Å². The van der Waals surface area contributed by atoms with Gasteiger partial charge in [-0.1, -0.05) is 61.4 Å². The third-order valence-corrected chi connectivity index (χ3v) is 5.43. The molecule has 0 saturated carbocycles. The first kappa shape index (κ1) is 23.2. The van der Waals surface area contributed by atoms with Crippen molar-refractivity contribution in [2.24, 2.45) is 0 Å². The molecule has 0 amide bonds. The lowest BCUT2D eigenvalue weighted by atomic mass is 9.98. The zero-order chi connectivity index (χ0) is 24.0. The Hall–Kier alpha value is -3.93. The van der Waals surface area contributed by atoms with E-state index in [1.54, 1.807) is 13.8 Å². The lowest BCUT2D eigenvalue weighted by Crippen LogP contribution is -2.15. The molecule has 0 saturated heterocycles. The number of rotatable bonds is 9. The maximum absolute atomic E-state index is 14.4. The van der Waals surface area contributed by atoms with Crippen LogP contribution in [0.5, 0.6) is 0 Å². The number of benzene rings is 2. The summed E-state index contributed by atoms with van der Waals surface area (Å²) < 4.78 is 30.4. The van der Waals surface area contributed by atoms with Crippen LogP contribution >= 0.6 is 0 Å². The van der Waals surface area contributed by atoms with Crippen LogP contribution in [0.4, 0.5) is 8.78 Å². The number of H-pyrrole nitrogens is 1. The van der Waals surface area contributed by atoms with Crippen LogP contribution in [0.25, 0.3) is 11.4 Å². The molecule has 7 nitrogen and oxygen atoms in total. The van der Waals surface area contributed by atoms with E-state index in [2.05, 4.69) is 42.5 Å². The van der Waals surface area contributed by atoms with Crippen molar-refractivity contribution in [3.8, 4) is 23.2 Å². The van der Waals surface area contributed by atoms with Crippen LogP contribution in [0.3, 0.4) is 0 Å². The Morgan fingerprint density at radius 3 is 2.53 bits per heavy atom. The molecule has 0 aliphatic heterocycles. The molecule has 0 aliphatic rings. The summed E-state index contributed by atoms with van der Waals surface area (Å²) in [5, 5.41) is 18.3. The van der Waals surface area contributed by atoms with Gasteiger partial charge in [0.05, 0.1) is 13.0 Å². The molecule has 4 rings (SSSR count). The normalized spacial score (nSPS) is 11.3. The smallest absolute Gasteiger partial charge is 0.244 e. The van der Waals surface area contributed by atoms with Crippen molar-refractivity contribution in [2.75, 3.05) is 0 Å². The first-order chi connectivity index (χ1) is 16.5. The molecule has 34 heavy (non-hydrogen) atoms. The second-order valence-corrected chi connectivity index (χ2v) is 7.97. The van der Waals surface area contributed by atoms with Gasteiger partial charge in [-0.2, -0.15) is 8.78 Å². The Morgan fingerprint density at radius 1 is 1.06 bits per heavy atom. The largest absolute Gasteiger partial charge is 0.308 e. The number of nitrogens with one attached hydrogen (secondary N) is 1. The Balaban J connectivity index is 1.53. The molecule has 1 N–H and O–H groups in total. The van der Waals surface area contributed by atoms with Gasteiger partial charge in [0, 0.05) is 12.0 Å². The van der Waals surface area contributed by atoms with Crippen molar-refractivity contribution in [1.82, 2.24) is 35.4 Å². The van der Waals surface area contributed by atoms with Crippen LogP contribution in [0, 0.1) is 11.8 Å². The van der Waals surface area contributed by atoms with Gasteiger partial charge in [-0.15, -0.1) is 16.1 Å². The van der Waals surface area contributed by atoms with Gasteiger partial charge in [-0.3, -0.25) is 0 Å². The third kappa shape index (κ3) is 5.34. The lowest BCUT2D eigenvalue weighted by Gasteiger charge is -2.10. The molecule has 2 aromatic heterocycles. The van der Waals surface area contributed by atoms with Crippen molar-refractivity contribution >= 4 is 0 Å². The quantitative estimate of drug-likeness (QED) is 0.370. The molecule has 174 valence electrons. The predicted molar refractivity (Wildman–Crippen MR) is 124 cm³/mol. The summed E-state index contributed by atoms with van der Waals surface area (Å²) in [6, 6.07) is 16.0. The molecule has 0 spiro atoms. The van der Waals surface area contributed by atoms with Gasteiger partial charge < -0.3 is 0 Å². The fraction of sp³-hybridized carbons (Fsp3) is 0.320. The molecule has 2 aromatic carbocycles. The topological polar surface area (TPSA) is 85.2 Å². The van der Waals surface area contributed by atoms with E-state index in [1.807, 2.05) is 48.5 Å². The van der Waals surface area contributed by atoms with Gasteiger partial charge >= 0.3 is 5.92 Å². The van der Waals surface area contributed by atoms with Crippen molar-refractivity contribution in [1.29, 1.82) is 0 Å². The van der Waals surface area contributed by atoms with Crippen molar-refractivity contribution in [2.45, 2.75) is 52.0 Å². The van der Waals surface area contributed by atoms with Gasteiger partial charge in [0.1, 0.15) is 5.82 Å². The minimum atomic E-state index is -3.05. The van der Waals surface area contributed by atoms with E-state index in [1.165, 1.54) is 4.68 Å². The maximum atomic E-state index is 14.4. The SMILES string of the molecule is CC#CCc1nc(C(F)(F)CCC)nn1Cc1ccc(Cc2ccccc2-c2nnn[nH]2)cc1. The summed E-state index contributed by atoms with van der Waals surface area (Å²) >= 11 is 0. The molecule has 0 unspecified atom stereocenters. The van der Waals surface area contributed by atoms with Crippen LogP contribution in [-0.4, -0.2) is 35.4 Å². The molecule has 0 fully saturated rings. The average molecular weight is 462 g/mol. The Bertz CT molecular complexity index is 1280. The molecule has 0 radical (unpaired) electrons. The highest BCUT2D eigenvalue weighted by Gasteiger charge is 2.36. The molecule has 9 heteroatoms. The summed E-state index contributed by atoms with van der Waals surface area (Å²) in [4.78, 5) is 4.12. The second kappa shape index (κ2) is 10.3. The highest BCUT2D eigenvalue weighted by atomic mass is 19.3. The van der Waals surface area contributed by atoms with E-state index in [-0.39, 0.29) is 12.8 Å². The summed E-state index contributed by atoms with van der Waals surface area (Å²) in [6.07, 6.45) is 1.04. The molecule has 0 aliphatic carbocycles. The molecular formula is C25H25F2N7. The number of aromatic nitrogens is 7. The summed E-state index contributed by atoms with van der Waals surface area (Å²) in [7, 11) is 0. The second-order valence-electron chi connectivity index (χ2n) is 7.97. The van der Waals surface area contributed by atoms with Gasteiger partial charge in [-0.25, -0.2) is 14.8 Å². The minimum Gasteiger partial charge on any atom is -0.244 e. The zero-order valence-electron chi connectivity index (χ0n) is 19.1. The Kier molecular flexibility index (Phi) is 7.07. The van der Waals surface area contributed by atoms with Gasteiger partial charge in [-0.05, 0) is 46.9 Å². The highest BCUT2D eigenvalue weighted by molar-refractivity contribution is 5.60. The number of tetrazole rings is 1. The van der Waals surface area contributed by atoms with Crippen molar-refractivity contribution < 1.29 is 8.78 Å². The lowest BCUT2D eigenvalue weighted by molar-refractivity contribution is -0.0232. The van der Waals surface area contributed by atoms with Gasteiger partial charge in [0.15, 0.2) is 5.82 Å². The number of aromatic amines is 1. The van der Waals surface area contributed by atoms with Crippen molar-refractivity contribution in [3.63, 3.8) is 0 Å². The van der Waals surface area contributed by atoms with E-state index in [0.717, 1.165) is 22.3 Å². The fourth-order valence-electron chi connectivity index (χ4n) is 3.71. The number of alkyl halides is 2. The van der Waals surface area contributed by atoms with Crippen LogP contribution in [0.15, 0.2) is 48.5 Å². The van der Waals surface area contributed by atoms with E-state index in [4.69, 9.17) is 0 Å². The molecule has 2 heterocycles. The molecule has 4 aromatic rings. The van der Waals surface area contributed by atoms with Gasteiger partial charge in [0.25, 0.3) is 0 Å². The number of hydrogen-bond acceptors (Lipinski definition) is 5. The number of halogens is 2. The van der Waals surface area contributed by atoms with Crippen LogP contribution in [0.1, 0.15) is 55.0 Å². The Labute approximate surface area is 196 Å². The van der Waals surface area contributed by atoms with E-state index < -0.39 is 11.7 Å². The highest BCUT2D eigenvalue weighted by Crippen LogP contribution is 2.30. The average Bonchev–Trinajstić information content (AvgIpc) is 3.50. The summed E-state index contributed by atoms with van der Waals surface area (Å²) in [6.45, 7) is 3.77.